The van der Waals surface area contributed by atoms with E-state index in [2.05, 4.69) is 16.4 Å². The van der Waals surface area contributed by atoms with Gasteiger partial charge in [-0.25, -0.2) is 14.6 Å². The first-order valence-corrected chi connectivity index (χ1v) is 11.3. The van der Waals surface area contributed by atoms with Gasteiger partial charge < -0.3 is 14.0 Å². The van der Waals surface area contributed by atoms with Crippen LogP contribution in [0.4, 0.5) is 10.5 Å². The Morgan fingerprint density at radius 1 is 1.09 bits per heavy atom. The number of amides is 1. The van der Waals surface area contributed by atoms with Gasteiger partial charge in [0, 0.05) is 11.1 Å². The molecular weight excluding hydrogens is 444 g/mol. The van der Waals surface area contributed by atoms with Crippen LogP contribution in [0.5, 0.6) is 0 Å². The second-order valence-electron chi connectivity index (χ2n) is 9.04. The van der Waals surface area contributed by atoms with Crippen molar-refractivity contribution in [3.05, 3.63) is 71.5 Å². The lowest BCUT2D eigenvalue weighted by molar-refractivity contribution is 0.0514. The lowest BCUT2D eigenvalue weighted by Crippen LogP contribution is -2.27. The van der Waals surface area contributed by atoms with Crippen molar-refractivity contribution in [3.63, 3.8) is 0 Å². The van der Waals surface area contributed by atoms with Crippen LogP contribution in [0.3, 0.4) is 0 Å². The van der Waals surface area contributed by atoms with Crippen molar-refractivity contribution in [3.8, 4) is 6.07 Å². The number of pyridine rings is 1. The van der Waals surface area contributed by atoms with E-state index in [0.29, 0.717) is 17.0 Å². The predicted octanol–water partition coefficient (Wildman–Crippen LogP) is 5.63. The SMILES string of the molecule is CCOC(=O)c1cc2ccc(C#N)nc2n1Cc1cc(NC(=O)OC(C)(C)C)cc2ccccc12. The smallest absolute Gasteiger partial charge is 0.412 e. The molecule has 1 N–H and O–H groups in total. The van der Waals surface area contributed by atoms with Gasteiger partial charge in [-0.1, -0.05) is 24.3 Å². The van der Waals surface area contributed by atoms with Gasteiger partial charge in [-0.2, -0.15) is 5.26 Å². The van der Waals surface area contributed by atoms with E-state index in [0.717, 1.165) is 21.7 Å². The molecule has 0 bridgehead atoms. The largest absolute Gasteiger partial charge is 0.461 e. The van der Waals surface area contributed by atoms with Gasteiger partial charge in [0.05, 0.1) is 13.2 Å². The van der Waals surface area contributed by atoms with Crippen LogP contribution in [-0.4, -0.2) is 33.8 Å². The molecule has 2 aromatic heterocycles. The quantitative estimate of drug-likeness (QED) is 0.379. The van der Waals surface area contributed by atoms with Crippen molar-refractivity contribution in [2.75, 3.05) is 11.9 Å². The molecule has 1 amide bonds. The maximum Gasteiger partial charge on any atom is 0.412 e. The minimum absolute atomic E-state index is 0.232. The number of aromatic nitrogens is 2. The van der Waals surface area contributed by atoms with Crippen molar-refractivity contribution >= 4 is 39.6 Å². The Kier molecular flexibility index (Phi) is 6.43. The molecule has 0 saturated carbocycles. The van der Waals surface area contributed by atoms with Crippen LogP contribution in [0.1, 0.15) is 49.4 Å². The van der Waals surface area contributed by atoms with Crippen LogP contribution in [0, 0.1) is 11.3 Å². The first-order valence-electron chi connectivity index (χ1n) is 11.3. The fourth-order valence-corrected chi connectivity index (χ4v) is 3.91. The van der Waals surface area contributed by atoms with Crippen LogP contribution in [0.2, 0.25) is 0 Å². The molecule has 0 aliphatic rings. The molecular formula is C27H26N4O4. The summed E-state index contributed by atoms with van der Waals surface area (Å²) in [6, 6.07) is 18.6. The number of rotatable bonds is 5. The zero-order valence-electron chi connectivity index (χ0n) is 20.1. The third-order valence-corrected chi connectivity index (χ3v) is 5.26. The first-order chi connectivity index (χ1) is 16.7. The molecule has 4 rings (SSSR count). The lowest BCUT2D eigenvalue weighted by Gasteiger charge is -2.20. The number of carbonyl (C=O) groups excluding carboxylic acids is 2. The summed E-state index contributed by atoms with van der Waals surface area (Å²) < 4.78 is 12.4. The van der Waals surface area contributed by atoms with E-state index in [4.69, 9.17) is 9.47 Å². The highest BCUT2D eigenvalue weighted by molar-refractivity contribution is 5.96. The summed E-state index contributed by atoms with van der Waals surface area (Å²) in [6.07, 6.45) is -0.558. The number of ether oxygens (including phenoxy) is 2. The molecule has 0 atom stereocenters. The van der Waals surface area contributed by atoms with Crippen LogP contribution in [-0.2, 0) is 16.0 Å². The number of anilines is 1. The number of carbonyl (C=O) groups is 2. The molecule has 2 aromatic carbocycles. The number of esters is 1. The summed E-state index contributed by atoms with van der Waals surface area (Å²) in [5.41, 5.74) is 1.86. The lowest BCUT2D eigenvalue weighted by atomic mass is 10.0. The molecule has 35 heavy (non-hydrogen) atoms. The van der Waals surface area contributed by atoms with Gasteiger partial charge in [0.25, 0.3) is 0 Å². The van der Waals surface area contributed by atoms with Gasteiger partial charge in [0.2, 0.25) is 0 Å². The molecule has 0 aliphatic carbocycles. The number of nitriles is 1. The minimum Gasteiger partial charge on any atom is -0.461 e. The molecule has 8 heteroatoms. The third kappa shape index (κ3) is 5.25. The summed E-state index contributed by atoms with van der Waals surface area (Å²) in [5, 5.41) is 14.7. The number of nitrogens with zero attached hydrogens (tertiary/aromatic N) is 3. The van der Waals surface area contributed by atoms with Crippen LogP contribution < -0.4 is 5.32 Å². The Morgan fingerprint density at radius 3 is 2.57 bits per heavy atom. The maximum absolute atomic E-state index is 12.8. The topological polar surface area (TPSA) is 106 Å². The highest BCUT2D eigenvalue weighted by Crippen LogP contribution is 2.28. The molecule has 8 nitrogen and oxygen atoms in total. The average Bonchev–Trinajstić information content (AvgIpc) is 3.15. The minimum atomic E-state index is -0.632. The number of nitrogens with one attached hydrogen (secondary N) is 1. The van der Waals surface area contributed by atoms with Crippen molar-refractivity contribution in [1.29, 1.82) is 5.26 Å². The third-order valence-electron chi connectivity index (χ3n) is 5.26. The van der Waals surface area contributed by atoms with Gasteiger partial charge >= 0.3 is 12.1 Å². The Labute approximate surface area is 203 Å². The molecule has 178 valence electrons. The summed E-state index contributed by atoms with van der Waals surface area (Å²) in [7, 11) is 0. The van der Waals surface area contributed by atoms with Crippen LogP contribution in [0.15, 0.2) is 54.6 Å². The zero-order chi connectivity index (χ0) is 25.2. The summed E-state index contributed by atoms with van der Waals surface area (Å²) in [5.74, 6) is -0.476. The molecule has 0 unspecified atom stereocenters. The van der Waals surface area contributed by atoms with Gasteiger partial charge in [0.15, 0.2) is 0 Å². The summed E-state index contributed by atoms with van der Waals surface area (Å²) in [4.78, 5) is 29.6. The number of hydrogen-bond acceptors (Lipinski definition) is 6. The maximum atomic E-state index is 12.8. The van der Waals surface area contributed by atoms with E-state index in [1.54, 1.807) is 50.5 Å². The van der Waals surface area contributed by atoms with E-state index >= 15 is 0 Å². The normalized spacial score (nSPS) is 11.3. The highest BCUT2D eigenvalue weighted by Gasteiger charge is 2.20. The molecule has 2 heterocycles. The number of hydrogen-bond donors (Lipinski definition) is 1. The van der Waals surface area contributed by atoms with Crippen LogP contribution in [0.25, 0.3) is 21.8 Å². The van der Waals surface area contributed by atoms with Gasteiger partial charge in [-0.3, -0.25) is 5.32 Å². The fraction of sp³-hybridized carbons (Fsp3) is 0.259. The van der Waals surface area contributed by atoms with Crippen LogP contribution >= 0.6 is 0 Å². The Bertz CT molecular complexity index is 1470. The zero-order valence-corrected chi connectivity index (χ0v) is 20.1. The fourth-order valence-electron chi connectivity index (χ4n) is 3.91. The molecule has 4 aromatic rings. The van der Waals surface area contributed by atoms with Crippen molar-refractivity contribution < 1.29 is 19.1 Å². The number of fused-ring (bicyclic) bond motifs is 2. The molecule has 0 saturated heterocycles. The predicted molar refractivity (Wildman–Crippen MR) is 133 cm³/mol. The molecule has 0 spiro atoms. The van der Waals surface area contributed by atoms with Crippen molar-refractivity contribution in [1.82, 2.24) is 9.55 Å². The monoisotopic (exact) mass is 470 g/mol. The van der Waals surface area contributed by atoms with Gasteiger partial charge in [-0.05, 0) is 74.4 Å². The average molecular weight is 471 g/mol. The van der Waals surface area contributed by atoms with Gasteiger partial charge in [0.1, 0.15) is 28.7 Å². The van der Waals surface area contributed by atoms with E-state index in [9.17, 15) is 14.9 Å². The Balaban J connectivity index is 1.83. The van der Waals surface area contributed by atoms with Crippen molar-refractivity contribution in [2.45, 2.75) is 39.8 Å². The van der Waals surface area contributed by atoms with E-state index < -0.39 is 17.7 Å². The number of benzene rings is 2. The van der Waals surface area contributed by atoms with Crippen molar-refractivity contribution in [2.24, 2.45) is 0 Å². The van der Waals surface area contributed by atoms with E-state index in [1.165, 1.54) is 0 Å². The second kappa shape index (κ2) is 9.47. The standard InChI is InChI=1S/C27H26N4O4/c1-5-34-25(32)23-14-18-10-11-20(15-28)29-24(18)31(23)16-19-13-21(30-26(33)35-27(2,3)4)12-17-8-6-7-9-22(17)19/h6-14H,5,16H2,1-4H3,(H,30,33). The second-order valence-corrected chi connectivity index (χ2v) is 9.04. The van der Waals surface area contributed by atoms with Gasteiger partial charge in [-0.15, -0.1) is 0 Å². The van der Waals surface area contributed by atoms with E-state index in [1.807, 2.05) is 36.4 Å². The highest BCUT2D eigenvalue weighted by atomic mass is 16.6. The molecule has 0 radical (unpaired) electrons. The molecule has 0 fully saturated rings. The molecule has 0 aliphatic heterocycles. The Morgan fingerprint density at radius 2 is 1.86 bits per heavy atom. The summed E-state index contributed by atoms with van der Waals surface area (Å²) >= 11 is 0. The van der Waals surface area contributed by atoms with E-state index in [-0.39, 0.29) is 18.8 Å². The Hall–Kier alpha value is -4.38. The first kappa shape index (κ1) is 23.8. The summed E-state index contributed by atoms with van der Waals surface area (Å²) in [6.45, 7) is 7.65.